The number of hydrogen-bond acceptors (Lipinski definition) is 4. The maximum atomic E-state index is 5.89. The van der Waals surface area contributed by atoms with E-state index >= 15 is 0 Å². The highest BCUT2D eigenvalue weighted by atomic mass is 32.1. The number of rotatable bonds is 7. The van der Waals surface area contributed by atoms with Crippen molar-refractivity contribution in [3.63, 3.8) is 0 Å². The van der Waals surface area contributed by atoms with Gasteiger partial charge in [0.15, 0.2) is 0 Å². The minimum atomic E-state index is 0.685. The molecule has 0 amide bonds. The van der Waals surface area contributed by atoms with Crippen molar-refractivity contribution in [2.75, 3.05) is 20.8 Å². The fourth-order valence-electron chi connectivity index (χ4n) is 1.85. The van der Waals surface area contributed by atoms with Crippen LogP contribution in [0, 0.1) is 0 Å². The van der Waals surface area contributed by atoms with Crippen molar-refractivity contribution in [3.05, 3.63) is 46.2 Å². The van der Waals surface area contributed by atoms with Crippen LogP contribution in [0.2, 0.25) is 0 Å². The molecule has 0 aliphatic carbocycles. The third-order valence-electron chi connectivity index (χ3n) is 2.83. The molecule has 1 heterocycles. The molecule has 0 unspecified atom stereocenters. The summed E-state index contributed by atoms with van der Waals surface area (Å²) in [4.78, 5) is 1.35. The number of nitrogens with one attached hydrogen (secondary N) is 1. The molecule has 19 heavy (non-hydrogen) atoms. The Balaban J connectivity index is 2.00. The van der Waals surface area contributed by atoms with E-state index in [9.17, 15) is 0 Å². The second-order valence-electron chi connectivity index (χ2n) is 4.18. The first kappa shape index (κ1) is 13.9. The molecule has 1 N–H and O–H groups in total. The quantitative estimate of drug-likeness (QED) is 0.843. The van der Waals surface area contributed by atoms with Gasteiger partial charge < -0.3 is 14.8 Å². The van der Waals surface area contributed by atoms with Crippen LogP contribution < -0.4 is 14.8 Å². The van der Waals surface area contributed by atoms with E-state index in [2.05, 4.69) is 22.8 Å². The molecule has 0 spiro atoms. The highest BCUT2D eigenvalue weighted by Gasteiger charge is 2.05. The largest absolute Gasteiger partial charge is 0.497 e. The van der Waals surface area contributed by atoms with Crippen LogP contribution in [-0.4, -0.2) is 20.8 Å². The fourth-order valence-corrected chi connectivity index (χ4v) is 2.54. The molecule has 102 valence electrons. The van der Waals surface area contributed by atoms with Gasteiger partial charge in [-0.3, -0.25) is 0 Å². The Bertz CT molecular complexity index is 497. The summed E-state index contributed by atoms with van der Waals surface area (Å²) >= 11 is 1.76. The van der Waals surface area contributed by atoms with Crippen LogP contribution in [-0.2, 0) is 13.0 Å². The Morgan fingerprint density at radius 1 is 1.26 bits per heavy atom. The van der Waals surface area contributed by atoms with Crippen LogP contribution in [0.15, 0.2) is 35.7 Å². The molecule has 0 atom stereocenters. The van der Waals surface area contributed by atoms with Gasteiger partial charge in [-0.15, -0.1) is 11.3 Å². The van der Waals surface area contributed by atoms with E-state index in [1.54, 1.807) is 18.4 Å². The monoisotopic (exact) mass is 277 g/mol. The molecular formula is C15H19NO2S. The van der Waals surface area contributed by atoms with Crippen molar-refractivity contribution in [1.82, 2.24) is 5.32 Å². The van der Waals surface area contributed by atoms with Crippen LogP contribution >= 0.6 is 11.3 Å². The summed E-state index contributed by atoms with van der Waals surface area (Å²) < 4.78 is 11.1. The van der Waals surface area contributed by atoms with Gasteiger partial charge in [0, 0.05) is 29.5 Å². The molecule has 4 heteroatoms. The lowest BCUT2D eigenvalue weighted by Crippen LogP contribution is -2.09. The molecule has 0 aliphatic rings. The molecule has 0 bridgehead atoms. The van der Waals surface area contributed by atoms with Gasteiger partial charge >= 0.3 is 0 Å². The summed E-state index contributed by atoms with van der Waals surface area (Å²) in [5.41, 5.74) is 1.15. The van der Waals surface area contributed by atoms with Gasteiger partial charge in [-0.1, -0.05) is 12.1 Å². The van der Waals surface area contributed by atoms with Crippen molar-refractivity contribution in [2.24, 2.45) is 0 Å². The first-order valence-electron chi connectivity index (χ1n) is 6.30. The molecule has 1 aromatic carbocycles. The number of ether oxygens (including phenoxy) is 2. The van der Waals surface area contributed by atoms with E-state index in [-0.39, 0.29) is 0 Å². The van der Waals surface area contributed by atoms with Gasteiger partial charge in [0.2, 0.25) is 0 Å². The molecular weight excluding hydrogens is 258 g/mol. The van der Waals surface area contributed by atoms with Crippen molar-refractivity contribution in [1.29, 1.82) is 0 Å². The van der Waals surface area contributed by atoms with E-state index in [0.29, 0.717) is 6.61 Å². The van der Waals surface area contributed by atoms with Crippen molar-refractivity contribution in [2.45, 2.75) is 13.0 Å². The number of methoxy groups -OCH3 is 1. The van der Waals surface area contributed by atoms with Crippen LogP contribution in [0.3, 0.4) is 0 Å². The third kappa shape index (κ3) is 3.98. The number of hydrogen-bond donors (Lipinski definition) is 1. The fraction of sp³-hybridized carbons (Fsp3) is 0.333. The molecule has 2 rings (SSSR count). The van der Waals surface area contributed by atoms with Crippen molar-refractivity contribution in [3.8, 4) is 11.5 Å². The molecule has 0 aliphatic heterocycles. The smallest absolute Gasteiger partial charge is 0.127 e. The van der Waals surface area contributed by atoms with Gasteiger partial charge in [0.25, 0.3) is 0 Å². The van der Waals surface area contributed by atoms with Gasteiger partial charge in [-0.2, -0.15) is 0 Å². The maximum Gasteiger partial charge on any atom is 0.127 e. The second kappa shape index (κ2) is 7.16. The standard InChI is InChI=1S/C15H19NO2S/c1-16-11-12-5-6-13(17-2)10-15(12)18-8-7-14-4-3-9-19-14/h3-6,9-10,16H,7-8,11H2,1-2H3. The topological polar surface area (TPSA) is 30.5 Å². The Morgan fingerprint density at radius 2 is 2.16 bits per heavy atom. The Labute approximate surface area is 118 Å². The molecule has 0 saturated carbocycles. The van der Waals surface area contributed by atoms with E-state index in [1.165, 1.54) is 4.88 Å². The third-order valence-corrected chi connectivity index (χ3v) is 3.76. The highest BCUT2D eigenvalue weighted by molar-refractivity contribution is 7.09. The zero-order valence-corrected chi connectivity index (χ0v) is 12.1. The molecule has 0 saturated heterocycles. The SMILES string of the molecule is CNCc1ccc(OC)cc1OCCc1cccs1. The number of thiophene rings is 1. The van der Waals surface area contributed by atoms with Gasteiger partial charge in [-0.25, -0.2) is 0 Å². The Kier molecular flexibility index (Phi) is 5.24. The second-order valence-corrected chi connectivity index (χ2v) is 5.21. The van der Waals surface area contributed by atoms with Crippen LogP contribution in [0.25, 0.3) is 0 Å². The minimum absolute atomic E-state index is 0.685. The highest BCUT2D eigenvalue weighted by Crippen LogP contribution is 2.25. The summed E-state index contributed by atoms with van der Waals surface area (Å²) in [6.07, 6.45) is 0.938. The average Bonchev–Trinajstić information content (AvgIpc) is 2.94. The Morgan fingerprint density at radius 3 is 2.84 bits per heavy atom. The molecule has 0 fully saturated rings. The first-order valence-corrected chi connectivity index (χ1v) is 7.18. The summed E-state index contributed by atoms with van der Waals surface area (Å²) in [6, 6.07) is 10.1. The van der Waals surface area contributed by atoms with Crippen molar-refractivity contribution >= 4 is 11.3 Å². The molecule has 1 aromatic heterocycles. The molecule has 2 aromatic rings. The van der Waals surface area contributed by atoms with Crippen LogP contribution in [0.1, 0.15) is 10.4 Å². The lowest BCUT2D eigenvalue weighted by atomic mass is 10.2. The lowest BCUT2D eigenvalue weighted by Gasteiger charge is -2.12. The Hall–Kier alpha value is -1.52. The van der Waals surface area contributed by atoms with E-state index in [1.807, 2.05) is 25.2 Å². The average molecular weight is 277 g/mol. The molecule has 3 nitrogen and oxygen atoms in total. The van der Waals surface area contributed by atoms with E-state index in [4.69, 9.17) is 9.47 Å². The molecule has 0 radical (unpaired) electrons. The van der Waals surface area contributed by atoms with Crippen LogP contribution in [0.4, 0.5) is 0 Å². The zero-order chi connectivity index (χ0) is 13.5. The van der Waals surface area contributed by atoms with Crippen molar-refractivity contribution < 1.29 is 9.47 Å². The summed E-state index contributed by atoms with van der Waals surface area (Å²) in [5, 5.41) is 5.24. The summed E-state index contributed by atoms with van der Waals surface area (Å²) in [6.45, 7) is 1.47. The van der Waals surface area contributed by atoms with E-state index < -0.39 is 0 Å². The van der Waals surface area contributed by atoms with Crippen LogP contribution in [0.5, 0.6) is 11.5 Å². The van der Waals surface area contributed by atoms with Gasteiger partial charge in [0.1, 0.15) is 11.5 Å². The lowest BCUT2D eigenvalue weighted by molar-refractivity contribution is 0.316. The normalized spacial score (nSPS) is 10.4. The maximum absolute atomic E-state index is 5.89. The van der Waals surface area contributed by atoms with Gasteiger partial charge in [-0.05, 0) is 24.6 Å². The predicted octanol–water partition coefficient (Wildman–Crippen LogP) is 3.10. The zero-order valence-electron chi connectivity index (χ0n) is 11.3. The summed E-state index contributed by atoms with van der Waals surface area (Å²) in [5.74, 6) is 1.72. The van der Waals surface area contributed by atoms with Gasteiger partial charge in [0.05, 0.1) is 13.7 Å². The minimum Gasteiger partial charge on any atom is -0.497 e. The number of benzene rings is 1. The first-order chi connectivity index (χ1) is 9.33. The summed E-state index contributed by atoms with van der Waals surface area (Å²) in [7, 11) is 3.60. The predicted molar refractivity (Wildman–Crippen MR) is 79.3 cm³/mol. The van der Waals surface area contributed by atoms with E-state index in [0.717, 1.165) is 30.0 Å².